The van der Waals surface area contributed by atoms with E-state index in [1.807, 2.05) is 0 Å². The van der Waals surface area contributed by atoms with Crippen LogP contribution in [0.1, 0.15) is 13.8 Å². The van der Waals surface area contributed by atoms with Crippen molar-refractivity contribution in [3.63, 3.8) is 0 Å². The highest BCUT2D eigenvalue weighted by molar-refractivity contribution is 6.32. The Kier molecular flexibility index (Phi) is 3.23. The van der Waals surface area contributed by atoms with Crippen molar-refractivity contribution in [1.29, 1.82) is 0 Å². The molecule has 1 aliphatic rings. The summed E-state index contributed by atoms with van der Waals surface area (Å²) in [6, 6.07) is 0. The Hall–Kier alpha value is 0.280. The summed E-state index contributed by atoms with van der Waals surface area (Å²) in [7, 11) is 0. The van der Waals surface area contributed by atoms with Gasteiger partial charge in [0.25, 0.3) is 0 Å². The largest absolute Gasteiger partial charge is 0.310 e. The van der Waals surface area contributed by atoms with Crippen LogP contribution in [0.15, 0.2) is 10.6 Å². The first-order valence-corrected chi connectivity index (χ1v) is 4.67. The molecule has 0 amide bonds. The van der Waals surface area contributed by atoms with Gasteiger partial charge in [0.05, 0.1) is 5.38 Å². The first-order valence-electron chi connectivity index (χ1n) is 3.86. The minimum Gasteiger partial charge on any atom is -0.310 e. The fraction of sp³-hybridized carbons (Fsp3) is 0.750. The Morgan fingerprint density at radius 1 is 1.55 bits per heavy atom. The molecule has 64 valence electrons. The predicted octanol–water partition coefficient (Wildman–Crippen LogP) is 2.35. The standard InChI is InChI=1S/C8H13Cl2N/c1-5(2)8-6(9)3-11-4-7(8)10/h5-6,11H,3-4H2,1-2H3. The monoisotopic (exact) mass is 193 g/mol. The van der Waals surface area contributed by atoms with Crippen LogP contribution in [0.3, 0.4) is 0 Å². The average molecular weight is 194 g/mol. The number of nitrogens with one attached hydrogen (secondary N) is 1. The van der Waals surface area contributed by atoms with Gasteiger partial charge in [0.1, 0.15) is 0 Å². The normalized spacial score (nSPS) is 26.5. The van der Waals surface area contributed by atoms with Crippen LogP contribution in [0, 0.1) is 5.92 Å². The van der Waals surface area contributed by atoms with E-state index in [1.54, 1.807) is 0 Å². The van der Waals surface area contributed by atoms with Crippen molar-refractivity contribution in [2.45, 2.75) is 19.2 Å². The molecule has 0 aliphatic carbocycles. The van der Waals surface area contributed by atoms with Gasteiger partial charge in [0.2, 0.25) is 0 Å². The lowest BCUT2D eigenvalue weighted by molar-refractivity contribution is 0.625. The maximum atomic E-state index is 6.07. The molecule has 0 aromatic heterocycles. The third kappa shape index (κ3) is 2.11. The van der Waals surface area contributed by atoms with E-state index in [9.17, 15) is 0 Å². The summed E-state index contributed by atoms with van der Waals surface area (Å²) in [6.45, 7) is 5.86. The molecule has 0 fully saturated rings. The number of halogens is 2. The Morgan fingerprint density at radius 2 is 2.18 bits per heavy atom. The van der Waals surface area contributed by atoms with Gasteiger partial charge in [-0.05, 0) is 11.5 Å². The van der Waals surface area contributed by atoms with Crippen molar-refractivity contribution in [3.8, 4) is 0 Å². The molecule has 1 rings (SSSR count). The summed E-state index contributed by atoms with van der Waals surface area (Å²) in [5, 5.41) is 4.12. The zero-order valence-corrected chi connectivity index (χ0v) is 8.34. The van der Waals surface area contributed by atoms with Crippen LogP contribution in [0.4, 0.5) is 0 Å². The molecule has 11 heavy (non-hydrogen) atoms. The van der Waals surface area contributed by atoms with Crippen LogP contribution in [0.2, 0.25) is 0 Å². The third-order valence-electron chi connectivity index (χ3n) is 1.88. The highest BCUT2D eigenvalue weighted by atomic mass is 35.5. The van der Waals surface area contributed by atoms with Crippen LogP contribution in [-0.4, -0.2) is 18.5 Å². The molecule has 1 unspecified atom stereocenters. The Morgan fingerprint density at radius 3 is 2.55 bits per heavy atom. The summed E-state index contributed by atoms with van der Waals surface area (Å²) < 4.78 is 0. The van der Waals surface area contributed by atoms with Gasteiger partial charge in [-0.15, -0.1) is 11.6 Å². The molecule has 0 aromatic carbocycles. The summed E-state index contributed by atoms with van der Waals surface area (Å²) in [5.41, 5.74) is 1.20. The van der Waals surface area contributed by atoms with Gasteiger partial charge in [-0.25, -0.2) is 0 Å². The molecule has 1 nitrogen and oxygen atoms in total. The van der Waals surface area contributed by atoms with Gasteiger partial charge in [0.15, 0.2) is 0 Å². The second-order valence-corrected chi connectivity index (χ2v) is 4.10. The minimum absolute atomic E-state index is 0.0799. The van der Waals surface area contributed by atoms with E-state index in [0.717, 1.165) is 18.1 Å². The second kappa shape index (κ2) is 3.79. The number of rotatable bonds is 1. The van der Waals surface area contributed by atoms with Gasteiger partial charge in [-0.1, -0.05) is 25.4 Å². The Balaban J connectivity index is 2.82. The lowest BCUT2D eigenvalue weighted by Crippen LogP contribution is -2.33. The summed E-state index contributed by atoms with van der Waals surface area (Å²) in [4.78, 5) is 0. The SMILES string of the molecule is CC(C)C1=C(Cl)CNCC1Cl. The molecule has 0 saturated carbocycles. The highest BCUT2D eigenvalue weighted by Gasteiger charge is 2.21. The molecular weight excluding hydrogens is 181 g/mol. The molecule has 1 heterocycles. The van der Waals surface area contributed by atoms with Crippen molar-refractivity contribution in [3.05, 3.63) is 10.6 Å². The van der Waals surface area contributed by atoms with Crippen molar-refractivity contribution in [1.82, 2.24) is 5.32 Å². The molecule has 3 heteroatoms. The summed E-state index contributed by atoms with van der Waals surface area (Å²) in [5.74, 6) is 0.465. The topological polar surface area (TPSA) is 12.0 Å². The van der Waals surface area contributed by atoms with Gasteiger partial charge in [0, 0.05) is 18.1 Å². The molecular formula is C8H13Cl2N. The van der Waals surface area contributed by atoms with E-state index in [4.69, 9.17) is 23.2 Å². The molecule has 1 aliphatic heterocycles. The van der Waals surface area contributed by atoms with Crippen molar-refractivity contribution >= 4 is 23.2 Å². The van der Waals surface area contributed by atoms with Gasteiger partial charge >= 0.3 is 0 Å². The van der Waals surface area contributed by atoms with Crippen molar-refractivity contribution in [2.75, 3.05) is 13.1 Å². The average Bonchev–Trinajstić information content (AvgIpc) is 1.85. The van der Waals surface area contributed by atoms with E-state index in [0.29, 0.717) is 5.92 Å². The van der Waals surface area contributed by atoms with Gasteiger partial charge < -0.3 is 5.32 Å². The predicted molar refractivity (Wildman–Crippen MR) is 50.2 cm³/mol. The van der Waals surface area contributed by atoms with Crippen LogP contribution >= 0.6 is 23.2 Å². The van der Waals surface area contributed by atoms with Crippen LogP contribution in [0.25, 0.3) is 0 Å². The minimum atomic E-state index is 0.0799. The van der Waals surface area contributed by atoms with Crippen LogP contribution in [0.5, 0.6) is 0 Å². The lowest BCUT2D eigenvalue weighted by atomic mass is 9.97. The van der Waals surface area contributed by atoms with E-state index in [1.165, 1.54) is 5.57 Å². The van der Waals surface area contributed by atoms with Crippen molar-refractivity contribution in [2.24, 2.45) is 5.92 Å². The molecule has 0 saturated heterocycles. The number of hydrogen-bond donors (Lipinski definition) is 1. The van der Waals surface area contributed by atoms with Crippen LogP contribution in [-0.2, 0) is 0 Å². The zero-order valence-electron chi connectivity index (χ0n) is 6.82. The molecule has 1 atom stereocenters. The van der Waals surface area contributed by atoms with Gasteiger partial charge in [-0.3, -0.25) is 0 Å². The molecule has 0 spiro atoms. The summed E-state index contributed by atoms with van der Waals surface area (Å²) >= 11 is 12.1. The van der Waals surface area contributed by atoms with E-state index in [-0.39, 0.29) is 5.38 Å². The highest BCUT2D eigenvalue weighted by Crippen LogP contribution is 2.26. The third-order valence-corrected chi connectivity index (χ3v) is 2.62. The number of alkyl halides is 1. The first kappa shape index (κ1) is 9.37. The molecule has 0 bridgehead atoms. The molecule has 0 radical (unpaired) electrons. The van der Waals surface area contributed by atoms with Crippen molar-refractivity contribution < 1.29 is 0 Å². The smallest absolute Gasteiger partial charge is 0.0687 e. The molecule has 0 aromatic rings. The fourth-order valence-electron chi connectivity index (χ4n) is 1.37. The van der Waals surface area contributed by atoms with E-state index in [2.05, 4.69) is 19.2 Å². The van der Waals surface area contributed by atoms with E-state index >= 15 is 0 Å². The summed E-state index contributed by atoms with van der Waals surface area (Å²) in [6.07, 6.45) is 0. The Labute approximate surface area is 77.8 Å². The first-order chi connectivity index (χ1) is 5.13. The molecule has 1 N–H and O–H groups in total. The number of hydrogen-bond acceptors (Lipinski definition) is 1. The maximum absolute atomic E-state index is 6.07. The van der Waals surface area contributed by atoms with Crippen LogP contribution < -0.4 is 5.32 Å². The maximum Gasteiger partial charge on any atom is 0.0687 e. The fourth-order valence-corrected chi connectivity index (χ4v) is 2.36. The second-order valence-electron chi connectivity index (χ2n) is 3.11. The quantitative estimate of drug-likeness (QED) is 0.631. The van der Waals surface area contributed by atoms with E-state index < -0.39 is 0 Å². The Bertz CT molecular complexity index is 175. The lowest BCUT2D eigenvalue weighted by Gasteiger charge is -2.25. The van der Waals surface area contributed by atoms with Gasteiger partial charge in [-0.2, -0.15) is 0 Å². The zero-order chi connectivity index (χ0) is 8.43.